The second kappa shape index (κ2) is 5.06. The molecule has 0 bridgehead atoms. The molecule has 0 fully saturated rings. The Hall–Kier alpha value is -1.74. The van der Waals surface area contributed by atoms with Crippen LogP contribution in [0.15, 0.2) is 22.9 Å². The first-order valence-electron chi connectivity index (χ1n) is 4.42. The highest BCUT2D eigenvalue weighted by atomic mass is 32.2. The second-order valence-corrected chi connectivity index (χ2v) is 4.95. The molecule has 0 saturated carbocycles. The van der Waals surface area contributed by atoms with Crippen LogP contribution < -0.4 is 0 Å². The van der Waals surface area contributed by atoms with Crippen molar-refractivity contribution < 1.29 is 9.72 Å². The van der Waals surface area contributed by atoms with Crippen molar-refractivity contribution in [2.24, 2.45) is 0 Å². The predicted octanol–water partition coefficient (Wildman–Crippen LogP) is 1.75. The fourth-order valence-corrected chi connectivity index (χ4v) is 2.41. The number of ketones is 1. The SMILES string of the molecule is O=C(CSc1ncns1)c1cc([N+](=O)[O-])c[nH]1. The lowest BCUT2D eigenvalue weighted by Gasteiger charge is -1.94. The maximum atomic E-state index is 11.7. The first-order valence-corrected chi connectivity index (χ1v) is 6.18. The molecule has 0 aromatic carbocycles. The maximum Gasteiger partial charge on any atom is 0.287 e. The number of carbonyl (C=O) groups is 1. The molecule has 0 saturated heterocycles. The van der Waals surface area contributed by atoms with Gasteiger partial charge in [-0.25, -0.2) is 4.98 Å². The van der Waals surface area contributed by atoms with E-state index in [1.54, 1.807) is 0 Å². The van der Waals surface area contributed by atoms with E-state index in [0.717, 1.165) is 0 Å². The molecule has 2 aromatic heterocycles. The molecule has 0 aliphatic rings. The summed E-state index contributed by atoms with van der Waals surface area (Å²) in [5.41, 5.74) is 0.114. The van der Waals surface area contributed by atoms with Gasteiger partial charge in [-0.1, -0.05) is 11.8 Å². The Morgan fingerprint density at radius 1 is 1.65 bits per heavy atom. The molecule has 7 nitrogen and oxygen atoms in total. The standard InChI is InChI=1S/C8H6N4O3S2/c13-7(3-16-8-10-4-11-17-8)6-1-5(2-9-6)12(14)15/h1-2,4,9H,3H2. The minimum atomic E-state index is -0.550. The van der Waals surface area contributed by atoms with E-state index in [-0.39, 0.29) is 22.9 Å². The number of nitrogens with one attached hydrogen (secondary N) is 1. The molecule has 9 heteroatoms. The van der Waals surface area contributed by atoms with E-state index < -0.39 is 4.92 Å². The van der Waals surface area contributed by atoms with Crippen molar-refractivity contribution in [1.82, 2.24) is 14.3 Å². The highest BCUT2D eigenvalue weighted by Gasteiger charge is 2.15. The van der Waals surface area contributed by atoms with E-state index in [1.165, 1.54) is 41.9 Å². The molecule has 0 aliphatic heterocycles. The van der Waals surface area contributed by atoms with Gasteiger partial charge in [-0.2, -0.15) is 4.37 Å². The predicted molar refractivity (Wildman–Crippen MR) is 62.4 cm³/mol. The van der Waals surface area contributed by atoms with Crippen LogP contribution in [0.1, 0.15) is 10.5 Å². The van der Waals surface area contributed by atoms with Crippen molar-refractivity contribution in [3.8, 4) is 0 Å². The quantitative estimate of drug-likeness (QED) is 0.384. The monoisotopic (exact) mass is 270 g/mol. The van der Waals surface area contributed by atoms with Crippen molar-refractivity contribution in [2.45, 2.75) is 4.34 Å². The Morgan fingerprint density at radius 2 is 2.47 bits per heavy atom. The van der Waals surface area contributed by atoms with Crippen LogP contribution in [0.3, 0.4) is 0 Å². The first kappa shape index (κ1) is 11.7. The Labute approximate surface area is 104 Å². The van der Waals surface area contributed by atoms with Gasteiger partial charge in [-0.3, -0.25) is 14.9 Å². The number of hydrogen-bond donors (Lipinski definition) is 1. The van der Waals surface area contributed by atoms with Crippen LogP contribution >= 0.6 is 23.3 Å². The molecule has 1 N–H and O–H groups in total. The van der Waals surface area contributed by atoms with Gasteiger partial charge in [0.15, 0.2) is 10.1 Å². The van der Waals surface area contributed by atoms with Gasteiger partial charge in [0.1, 0.15) is 6.33 Å². The number of H-pyrrole nitrogens is 1. The molecule has 0 unspecified atom stereocenters. The van der Waals surface area contributed by atoms with Gasteiger partial charge in [-0.05, 0) is 11.5 Å². The van der Waals surface area contributed by atoms with E-state index >= 15 is 0 Å². The summed E-state index contributed by atoms with van der Waals surface area (Å²) < 4.78 is 4.50. The largest absolute Gasteiger partial charge is 0.353 e. The zero-order valence-corrected chi connectivity index (χ0v) is 9.96. The lowest BCUT2D eigenvalue weighted by Crippen LogP contribution is -2.02. The summed E-state index contributed by atoms with van der Waals surface area (Å²) >= 11 is 2.45. The Kier molecular flexibility index (Phi) is 3.49. The number of nitrogens with zero attached hydrogens (tertiary/aromatic N) is 3. The number of thioether (sulfide) groups is 1. The van der Waals surface area contributed by atoms with Gasteiger partial charge in [0.25, 0.3) is 5.69 Å². The van der Waals surface area contributed by atoms with E-state index in [1.807, 2.05) is 0 Å². The van der Waals surface area contributed by atoms with Crippen molar-refractivity contribution in [3.05, 3.63) is 34.4 Å². The number of hydrogen-bond acceptors (Lipinski definition) is 7. The van der Waals surface area contributed by atoms with E-state index in [0.29, 0.717) is 4.34 Å². The molecule has 0 aliphatic carbocycles. The zero-order chi connectivity index (χ0) is 12.3. The van der Waals surface area contributed by atoms with Crippen molar-refractivity contribution in [3.63, 3.8) is 0 Å². The van der Waals surface area contributed by atoms with Gasteiger partial charge >= 0.3 is 0 Å². The highest BCUT2D eigenvalue weighted by molar-refractivity contribution is 8.01. The second-order valence-electron chi connectivity index (χ2n) is 2.95. The van der Waals surface area contributed by atoms with Crippen molar-refractivity contribution >= 4 is 34.8 Å². The van der Waals surface area contributed by atoms with Gasteiger partial charge in [0, 0.05) is 6.07 Å². The van der Waals surface area contributed by atoms with Crippen LogP contribution in [0.2, 0.25) is 0 Å². The Bertz CT molecular complexity index is 537. The third-order valence-corrected chi connectivity index (χ3v) is 3.64. The molecular formula is C8H6N4O3S2. The summed E-state index contributed by atoms with van der Waals surface area (Å²) in [5, 5.41) is 10.4. The molecule has 0 spiro atoms. The number of carbonyl (C=O) groups excluding carboxylic acids is 1. The van der Waals surface area contributed by atoms with E-state index in [4.69, 9.17) is 0 Å². The van der Waals surface area contributed by atoms with Gasteiger partial charge in [-0.15, -0.1) is 0 Å². The first-order chi connectivity index (χ1) is 8.16. The fraction of sp³-hybridized carbons (Fsp3) is 0.125. The van der Waals surface area contributed by atoms with Crippen LogP contribution in [-0.2, 0) is 0 Å². The van der Waals surface area contributed by atoms with E-state index in [9.17, 15) is 14.9 Å². The number of nitro groups is 1. The minimum Gasteiger partial charge on any atom is -0.353 e. The topological polar surface area (TPSA) is 102 Å². The number of aromatic nitrogens is 3. The molecule has 2 aromatic rings. The summed E-state index contributed by atoms with van der Waals surface area (Å²) in [4.78, 5) is 28.0. The molecule has 0 amide bonds. The fourth-order valence-electron chi connectivity index (χ4n) is 1.08. The average molecular weight is 270 g/mol. The minimum absolute atomic E-state index is 0.116. The molecule has 0 atom stereocenters. The zero-order valence-electron chi connectivity index (χ0n) is 8.32. The van der Waals surface area contributed by atoms with Crippen LogP contribution in [0.25, 0.3) is 0 Å². The third-order valence-electron chi connectivity index (χ3n) is 1.85. The Balaban J connectivity index is 1.97. The van der Waals surface area contributed by atoms with Crippen molar-refractivity contribution in [1.29, 1.82) is 0 Å². The van der Waals surface area contributed by atoms with Crippen LogP contribution in [0.5, 0.6) is 0 Å². The molecule has 0 radical (unpaired) electrons. The van der Waals surface area contributed by atoms with Gasteiger partial charge in [0.05, 0.1) is 22.6 Å². The summed E-state index contributed by atoms with van der Waals surface area (Å²) in [6, 6.07) is 1.23. The van der Waals surface area contributed by atoms with Gasteiger partial charge in [0.2, 0.25) is 0 Å². The van der Waals surface area contributed by atoms with Crippen LogP contribution in [0, 0.1) is 10.1 Å². The summed E-state index contributed by atoms with van der Waals surface area (Å²) in [6.07, 6.45) is 2.61. The molecule has 2 heterocycles. The molecular weight excluding hydrogens is 264 g/mol. The lowest BCUT2D eigenvalue weighted by molar-refractivity contribution is -0.384. The van der Waals surface area contributed by atoms with Crippen molar-refractivity contribution in [2.75, 3.05) is 5.75 Å². The normalized spacial score (nSPS) is 10.4. The Morgan fingerprint density at radius 3 is 3.06 bits per heavy atom. The van der Waals surface area contributed by atoms with E-state index in [2.05, 4.69) is 14.3 Å². The number of Topliss-reactive ketones (excluding diaryl/α,β-unsaturated/α-hetero) is 1. The number of aromatic amines is 1. The molecule has 17 heavy (non-hydrogen) atoms. The molecule has 88 valence electrons. The number of rotatable bonds is 5. The average Bonchev–Trinajstić information content (AvgIpc) is 2.96. The third kappa shape index (κ3) is 2.88. The summed E-state index contributed by atoms with van der Waals surface area (Å²) in [7, 11) is 0. The maximum absolute atomic E-state index is 11.7. The smallest absolute Gasteiger partial charge is 0.287 e. The highest BCUT2D eigenvalue weighted by Crippen LogP contribution is 2.20. The summed E-state index contributed by atoms with van der Waals surface area (Å²) in [5.74, 6) is -0.0364. The lowest BCUT2D eigenvalue weighted by atomic mass is 10.3. The summed E-state index contributed by atoms with van der Waals surface area (Å²) in [6.45, 7) is 0. The van der Waals surface area contributed by atoms with Crippen LogP contribution in [-0.4, -0.2) is 30.8 Å². The van der Waals surface area contributed by atoms with Gasteiger partial charge < -0.3 is 4.98 Å². The molecule has 2 rings (SSSR count). The van der Waals surface area contributed by atoms with Crippen LogP contribution in [0.4, 0.5) is 5.69 Å².